The van der Waals surface area contributed by atoms with Gasteiger partial charge < -0.3 is 15.2 Å². The summed E-state index contributed by atoms with van der Waals surface area (Å²) in [5, 5.41) is 11.8. The summed E-state index contributed by atoms with van der Waals surface area (Å²) in [4.78, 5) is 23.1. The average molecular weight is 313 g/mol. The van der Waals surface area contributed by atoms with E-state index >= 15 is 0 Å². The third-order valence-corrected chi connectivity index (χ3v) is 3.78. The van der Waals surface area contributed by atoms with Gasteiger partial charge in [0.05, 0.1) is 5.41 Å². The SMILES string of the molecule is O=C(CC1(C(=O)O)CCC1)Nc1ccc(OCC(F)F)cc1. The largest absolute Gasteiger partial charge is 0.488 e. The molecule has 1 aromatic carbocycles. The summed E-state index contributed by atoms with van der Waals surface area (Å²) in [5.74, 6) is -1.03. The Labute approximate surface area is 126 Å². The molecule has 2 N–H and O–H groups in total. The molecular weight excluding hydrogens is 296 g/mol. The van der Waals surface area contributed by atoms with Gasteiger partial charge >= 0.3 is 5.97 Å². The highest BCUT2D eigenvalue weighted by Crippen LogP contribution is 2.44. The van der Waals surface area contributed by atoms with Gasteiger partial charge in [0.25, 0.3) is 6.43 Å². The number of ether oxygens (including phenoxy) is 1. The number of halogens is 2. The van der Waals surface area contributed by atoms with E-state index in [9.17, 15) is 23.5 Å². The van der Waals surface area contributed by atoms with E-state index in [0.29, 0.717) is 18.5 Å². The van der Waals surface area contributed by atoms with Crippen LogP contribution < -0.4 is 10.1 Å². The number of carbonyl (C=O) groups is 2. The average Bonchev–Trinajstić information content (AvgIpc) is 2.41. The maximum atomic E-state index is 12.0. The molecule has 1 aliphatic rings. The van der Waals surface area contributed by atoms with E-state index < -0.39 is 24.4 Å². The van der Waals surface area contributed by atoms with Crippen LogP contribution in [0.25, 0.3) is 0 Å². The first-order valence-corrected chi connectivity index (χ1v) is 6.95. The summed E-state index contributed by atoms with van der Waals surface area (Å²) in [6, 6.07) is 5.97. The topological polar surface area (TPSA) is 75.6 Å². The smallest absolute Gasteiger partial charge is 0.310 e. The number of hydrogen-bond donors (Lipinski definition) is 2. The highest BCUT2D eigenvalue weighted by atomic mass is 19.3. The highest BCUT2D eigenvalue weighted by molar-refractivity contribution is 5.94. The molecule has 1 amide bonds. The number of amides is 1. The van der Waals surface area contributed by atoms with Crippen molar-refractivity contribution < 1.29 is 28.2 Å². The predicted octanol–water partition coefficient (Wildman–Crippen LogP) is 2.91. The molecular formula is C15H17F2NO4. The van der Waals surface area contributed by atoms with E-state index in [1.807, 2.05) is 0 Å². The van der Waals surface area contributed by atoms with Gasteiger partial charge in [-0.05, 0) is 37.1 Å². The number of carbonyl (C=O) groups excluding carboxylic acids is 1. The molecule has 0 aliphatic heterocycles. The molecule has 1 aromatic rings. The summed E-state index contributed by atoms with van der Waals surface area (Å²) < 4.78 is 28.8. The molecule has 1 fully saturated rings. The van der Waals surface area contributed by atoms with E-state index in [2.05, 4.69) is 5.32 Å². The van der Waals surface area contributed by atoms with E-state index in [4.69, 9.17) is 4.74 Å². The maximum absolute atomic E-state index is 12.0. The van der Waals surface area contributed by atoms with Gasteiger partial charge in [0.2, 0.25) is 5.91 Å². The molecule has 1 saturated carbocycles. The van der Waals surface area contributed by atoms with Crippen molar-refractivity contribution in [1.82, 2.24) is 0 Å². The van der Waals surface area contributed by atoms with Crippen molar-refractivity contribution in [3.63, 3.8) is 0 Å². The molecule has 0 radical (unpaired) electrons. The molecule has 0 unspecified atom stereocenters. The Morgan fingerprint density at radius 1 is 1.27 bits per heavy atom. The Morgan fingerprint density at radius 3 is 2.36 bits per heavy atom. The van der Waals surface area contributed by atoms with E-state index in [0.717, 1.165) is 6.42 Å². The molecule has 7 heteroatoms. The number of nitrogens with one attached hydrogen (secondary N) is 1. The van der Waals surface area contributed by atoms with Crippen molar-refractivity contribution >= 4 is 17.6 Å². The summed E-state index contributed by atoms with van der Waals surface area (Å²) in [7, 11) is 0. The highest BCUT2D eigenvalue weighted by Gasteiger charge is 2.45. The number of anilines is 1. The lowest BCUT2D eigenvalue weighted by Crippen LogP contribution is -2.41. The van der Waals surface area contributed by atoms with Gasteiger partial charge in [-0.3, -0.25) is 9.59 Å². The quantitative estimate of drug-likeness (QED) is 0.811. The number of hydrogen-bond acceptors (Lipinski definition) is 3. The number of rotatable bonds is 7. The second kappa shape index (κ2) is 6.72. The van der Waals surface area contributed by atoms with E-state index in [1.165, 1.54) is 24.3 Å². The minimum absolute atomic E-state index is 0.0635. The van der Waals surface area contributed by atoms with Crippen molar-refractivity contribution in [2.45, 2.75) is 32.1 Å². The standard InChI is InChI=1S/C15H17F2NO4/c16-12(17)9-22-11-4-2-10(3-5-11)18-13(19)8-15(14(20)21)6-1-7-15/h2-5,12H,1,6-9H2,(H,18,19)(H,20,21). The van der Waals surface area contributed by atoms with Crippen LogP contribution in [-0.2, 0) is 9.59 Å². The van der Waals surface area contributed by atoms with E-state index in [1.54, 1.807) is 0 Å². The fourth-order valence-electron chi connectivity index (χ4n) is 2.38. The van der Waals surface area contributed by atoms with Crippen molar-refractivity contribution in [3.8, 4) is 5.75 Å². The Balaban J connectivity index is 1.88. The lowest BCUT2D eigenvalue weighted by atomic mass is 9.66. The van der Waals surface area contributed by atoms with Gasteiger partial charge in [-0.1, -0.05) is 6.42 Å². The molecule has 0 bridgehead atoms. The van der Waals surface area contributed by atoms with Gasteiger partial charge in [-0.2, -0.15) is 0 Å². The minimum Gasteiger partial charge on any atom is -0.488 e. The van der Waals surface area contributed by atoms with Gasteiger partial charge in [0.1, 0.15) is 12.4 Å². The molecule has 0 spiro atoms. The zero-order valence-corrected chi connectivity index (χ0v) is 11.9. The van der Waals surface area contributed by atoms with E-state index in [-0.39, 0.29) is 18.1 Å². The van der Waals surface area contributed by atoms with Crippen LogP contribution in [0, 0.1) is 5.41 Å². The Bertz CT molecular complexity index is 541. The molecule has 22 heavy (non-hydrogen) atoms. The van der Waals surface area contributed by atoms with Crippen LogP contribution in [0.1, 0.15) is 25.7 Å². The van der Waals surface area contributed by atoms with Crippen molar-refractivity contribution in [3.05, 3.63) is 24.3 Å². The molecule has 0 heterocycles. The maximum Gasteiger partial charge on any atom is 0.310 e. The summed E-state index contributed by atoms with van der Waals surface area (Å²) in [6.07, 6.45) is -0.775. The number of aliphatic carboxylic acids is 1. The molecule has 5 nitrogen and oxygen atoms in total. The number of alkyl halides is 2. The lowest BCUT2D eigenvalue weighted by molar-refractivity contribution is -0.157. The van der Waals surface area contributed by atoms with Crippen molar-refractivity contribution in [2.75, 3.05) is 11.9 Å². The first-order chi connectivity index (χ1) is 10.4. The summed E-state index contributed by atoms with van der Waals surface area (Å²) >= 11 is 0. The van der Waals surface area contributed by atoms with Crippen molar-refractivity contribution in [2.24, 2.45) is 5.41 Å². The van der Waals surface area contributed by atoms with Gasteiger partial charge in [-0.25, -0.2) is 8.78 Å². The molecule has 120 valence electrons. The number of carboxylic acid groups (broad SMARTS) is 1. The van der Waals surface area contributed by atoms with Crippen LogP contribution in [0.4, 0.5) is 14.5 Å². The third kappa shape index (κ3) is 3.93. The van der Waals surface area contributed by atoms with Gasteiger partial charge in [0, 0.05) is 12.1 Å². The normalized spacial score (nSPS) is 16.0. The molecule has 1 aliphatic carbocycles. The van der Waals surface area contributed by atoms with Crippen LogP contribution in [0.2, 0.25) is 0 Å². The van der Waals surface area contributed by atoms with Crippen LogP contribution in [0.3, 0.4) is 0 Å². The van der Waals surface area contributed by atoms with Gasteiger partial charge in [-0.15, -0.1) is 0 Å². The lowest BCUT2D eigenvalue weighted by Gasteiger charge is -2.36. The van der Waals surface area contributed by atoms with Crippen molar-refractivity contribution in [1.29, 1.82) is 0 Å². The second-order valence-corrected chi connectivity index (χ2v) is 5.39. The second-order valence-electron chi connectivity index (χ2n) is 5.39. The first-order valence-electron chi connectivity index (χ1n) is 6.95. The predicted molar refractivity (Wildman–Crippen MR) is 75.1 cm³/mol. The fraction of sp³-hybridized carbons (Fsp3) is 0.467. The Kier molecular flexibility index (Phi) is 4.95. The zero-order chi connectivity index (χ0) is 16.2. The molecule has 0 aromatic heterocycles. The zero-order valence-electron chi connectivity index (χ0n) is 11.9. The van der Waals surface area contributed by atoms with Crippen LogP contribution in [0.15, 0.2) is 24.3 Å². The Hall–Kier alpha value is -2.18. The number of benzene rings is 1. The molecule has 2 rings (SSSR count). The minimum atomic E-state index is -2.55. The van der Waals surface area contributed by atoms with Gasteiger partial charge in [0.15, 0.2) is 0 Å². The summed E-state index contributed by atoms with van der Waals surface area (Å²) in [5.41, 5.74) is -0.473. The Morgan fingerprint density at radius 2 is 1.91 bits per heavy atom. The van der Waals surface area contributed by atoms with Crippen LogP contribution >= 0.6 is 0 Å². The van der Waals surface area contributed by atoms with Crippen LogP contribution in [-0.4, -0.2) is 30.0 Å². The number of carboxylic acids is 1. The molecule has 0 atom stereocenters. The van der Waals surface area contributed by atoms with Crippen LogP contribution in [0.5, 0.6) is 5.75 Å². The summed E-state index contributed by atoms with van der Waals surface area (Å²) in [6.45, 7) is -0.688. The third-order valence-electron chi connectivity index (χ3n) is 3.78. The fourth-order valence-corrected chi connectivity index (χ4v) is 2.38. The molecule has 0 saturated heterocycles. The first kappa shape index (κ1) is 16.2. The monoisotopic (exact) mass is 313 g/mol.